The van der Waals surface area contributed by atoms with Gasteiger partial charge in [0.05, 0.1) is 5.69 Å². The summed E-state index contributed by atoms with van der Waals surface area (Å²) in [5, 5.41) is 9.38. The average Bonchev–Trinajstić information content (AvgIpc) is 2.15. The Bertz CT molecular complexity index is 371. The number of aromatic nitrogens is 2. The third-order valence-corrected chi connectivity index (χ3v) is 2.47. The van der Waals surface area contributed by atoms with E-state index in [2.05, 4.69) is 9.97 Å². The lowest BCUT2D eigenvalue weighted by Crippen LogP contribution is -2.08. The zero-order valence-electron chi connectivity index (χ0n) is 7.74. The Hall–Kier alpha value is -0.810. The van der Waals surface area contributed by atoms with Crippen LogP contribution in [0.15, 0.2) is 5.16 Å². The molecule has 0 radical (unpaired) electrons. The topological polar surface area (TPSA) is 63.1 Å². The van der Waals surface area contributed by atoms with E-state index in [1.807, 2.05) is 13.2 Å². The zero-order chi connectivity index (χ0) is 10.7. The van der Waals surface area contributed by atoms with Crippen LogP contribution in [-0.2, 0) is 6.42 Å². The van der Waals surface area contributed by atoms with Gasteiger partial charge in [0.1, 0.15) is 10.7 Å². The first-order chi connectivity index (χ1) is 6.60. The minimum atomic E-state index is -1.08. The summed E-state index contributed by atoms with van der Waals surface area (Å²) in [5.41, 5.74) is 0.480. The maximum atomic E-state index is 10.8. The third-order valence-electron chi connectivity index (χ3n) is 1.65. The smallest absolute Gasteiger partial charge is 0.340 e. The third kappa shape index (κ3) is 2.16. The standard InChI is InChI=1S/C8H9ClN2O2S/c1-3-4-5(7(12)13)6(9)11-8(10-4)14-2/h3H2,1-2H3,(H,12,13). The van der Waals surface area contributed by atoms with E-state index in [4.69, 9.17) is 16.7 Å². The molecule has 0 unspecified atom stereocenters. The molecule has 0 aromatic carbocycles. The van der Waals surface area contributed by atoms with Gasteiger partial charge in [-0.15, -0.1) is 0 Å². The molecule has 0 aliphatic rings. The second-order valence-electron chi connectivity index (χ2n) is 2.48. The first kappa shape index (κ1) is 11.3. The van der Waals surface area contributed by atoms with Crippen LogP contribution in [-0.4, -0.2) is 27.3 Å². The fraction of sp³-hybridized carbons (Fsp3) is 0.375. The van der Waals surface area contributed by atoms with Gasteiger partial charge in [-0.25, -0.2) is 14.8 Å². The average molecular weight is 233 g/mol. The van der Waals surface area contributed by atoms with Crippen LogP contribution in [0.25, 0.3) is 0 Å². The van der Waals surface area contributed by atoms with Crippen LogP contribution in [0.3, 0.4) is 0 Å². The molecule has 0 aliphatic heterocycles. The van der Waals surface area contributed by atoms with Crippen LogP contribution in [0.2, 0.25) is 5.15 Å². The molecule has 1 aromatic heterocycles. The van der Waals surface area contributed by atoms with Crippen molar-refractivity contribution in [3.05, 3.63) is 16.4 Å². The molecular formula is C8H9ClN2O2S. The monoisotopic (exact) mass is 232 g/mol. The molecule has 14 heavy (non-hydrogen) atoms. The first-order valence-electron chi connectivity index (χ1n) is 3.93. The number of aromatic carboxylic acids is 1. The van der Waals surface area contributed by atoms with Crippen LogP contribution in [0, 0.1) is 0 Å². The van der Waals surface area contributed by atoms with Crippen LogP contribution in [0.4, 0.5) is 0 Å². The molecule has 0 fully saturated rings. The molecule has 0 aliphatic carbocycles. The zero-order valence-corrected chi connectivity index (χ0v) is 9.32. The van der Waals surface area contributed by atoms with Gasteiger partial charge < -0.3 is 5.11 Å². The van der Waals surface area contributed by atoms with Gasteiger partial charge in [-0.2, -0.15) is 0 Å². The van der Waals surface area contributed by atoms with Gasteiger partial charge in [0, 0.05) is 0 Å². The van der Waals surface area contributed by atoms with Gasteiger partial charge in [-0.05, 0) is 12.7 Å². The summed E-state index contributed by atoms with van der Waals surface area (Å²) in [6.45, 7) is 1.83. The SMILES string of the molecule is CCc1nc(SC)nc(Cl)c1C(=O)O. The van der Waals surface area contributed by atoms with Crippen molar-refractivity contribution < 1.29 is 9.90 Å². The van der Waals surface area contributed by atoms with E-state index >= 15 is 0 Å². The Morgan fingerprint density at radius 1 is 1.57 bits per heavy atom. The van der Waals surface area contributed by atoms with Crippen molar-refractivity contribution in [3.8, 4) is 0 Å². The minimum absolute atomic E-state index is 0.00645. The Balaban J connectivity index is 3.34. The largest absolute Gasteiger partial charge is 0.478 e. The summed E-state index contributed by atoms with van der Waals surface area (Å²) in [6, 6.07) is 0. The fourth-order valence-corrected chi connectivity index (χ4v) is 1.72. The van der Waals surface area contributed by atoms with E-state index in [9.17, 15) is 4.79 Å². The molecule has 0 amide bonds. The van der Waals surface area contributed by atoms with E-state index in [1.165, 1.54) is 11.8 Å². The van der Waals surface area contributed by atoms with Gasteiger partial charge in [0.25, 0.3) is 0 Å². The van der Waals surface area contributed by atoms with Crippen molar-refractivity contribution in [1.29, 1.82) is 0 Å². The second-order valence-corrected chi connectivity index (χ2v) is 3.61. The number of aryl methyl sites for hydroxylation is 1. The predicted molar refractivity (Wildman–Crippen MR) is 55.2 cm³/mol. The summed E-state index contributed by atoms with van der Waals surface area (Å²) in [4.78, 5) is 18.8. The molecule has 1 aromatic rings. The molecule has 1 heterocycles. The number of thioether (sulfide) groups is 1. The van der Waals surface area contributed by atoms with E-state index in [0.717, 1.165) is 0 Å². The van der Waals surface area contributed by atoms with Gasteiger partial charge in [-0.1, -0.05) is 30.3 Å². The normalized spacial score (nSPS) is 10.2. The summed E-state index contributed by atoms with van der Waals surface area (Å²) in [5.74, 6) is -1.08. The van der Waals surface area contributed by atoms with Crippen LogP contribution in [0.1, 0.15) is 23.0 Å². The highest BCUT2D eigenvalue weighted by molar-refractivity contribution is 7.98. The van der Waals surface area contributed by atoms with Crippen LogP contribution >= 0.6 is 23.4 Å². The van der Waals surface area contributed by atoms with Crippen molar-refractivity contribution in [2.75, 3.05) is 6.26 Å². The molecule has 0 bridgehead atoms. The highest BCUT2D eigenvalue weighted by atomic mass is 35.5. The number of halogens is 1. The van der Waals surface area contributed by atoms with Gasteiger partial charge >= 0.3 is 5.97 Å². The summed E-state index contributed by atoms with van der Waals surface area (Å²) < 4.78 is 0. The Labute approximate surface area is 90.7 Å². The van der Waals surface area contributed by atoms with Gasteiger partial charge in [0.15, 0.2) is 5.16 Å². The molecule has 1 rings (SSSR count). The molecule has 4 nitrogen and oxygen atoms in total. The van der Waals surface area contributed by atoms with Crippen molar-refractivity contribution >= 4 is 29.3 Å². The molecule has 0 saturated heterocycles. The van der Waals surface area contributed by atoms with Crippen molar-refractivity contribution in [3.63, 3.8) is 0 Å². The number of nitrogens with zero attached hydrogens (tertiary/aromatic N) is 2. The van der Waals surface area contributed by atoms with E-state index in [0.29, 0.717) is 17.3 Å². The number of hydrogen-bond acceptors (Lipinski definition) is 4. The van der Waals surface area contributed by atoms with Gasteiger partial charge in [-0.3, -0.25) is 0 Å². The number of hydrogen-bond donors (Lipinski definition) is 1. The second kappa shape index (κ2) is 4.61. The molecular weight excluding hydrogens is 224 g/mol. The van der Waals surface area contributed by atoms with Crippen LogP contribution < -0.4 is 0 Å². The molecule has 0 saturated carbocycles. The Kier molecular flexibility index (Phi) is 3.71. The van der Waals surface area contributed by atoms with Gasteiger partial charge in [0.2, 0.25) is 0 Å². The maximum absolute atomic E-state index is 10.8. The summed E-state index contributed by atoms with van der Waals surface area (Å²) in [7, 11) is 0. The van der Waals surface area contributed by atoms with Crippen molar-refractivity contribution in [1.82, 2.24) is 9.97 Å². The lowest BCUT2D eigenvalue weighted by molar-refractivity contribution is 0.0694. The fourth-order valence-electron chi connectivity index (χ4n) is 1.01. The molecule has 1 N–H and O–H groups in total. The molecule has 6 heteroatoms. The van der Waals surface area contributed by atoms with E-state index in [1.54, 1.807) is 0 Å². The predicted octanol–water partition coefficient (Wildman–Crippen LogP) is 2.11. The highest BCUT2D eigenvalue weighted by Crippen LogP contribution is 2.20. The molecule has 0 spiro atoms. The highest BCUT2D eigenvalue weighted by Gasteiger charge is 2.17. The number of carboxylic acids is 1. The molecule has 0 atom stereocenters. The number of rotatable bonds is 3. The lowest BCUT2D eigenvalue weighted by Gasteiger charge is -2.05. The number of carboxylic acid groups (broad SMARTS) is 1. The molecule has 76 valence electrons. The number of carbonyl (C=O) groups is 1. The van der Waals surface area contributed by atoms with Crippen LogP contribution in [0.5, 0.6) is 0 Å². The minimum Gasteiger partial charge on any atom is -0.478 e. The lowest BCUT2D eigenvalue weighted by atomic mass is 10.2. The first-order valence-corrected chi connectivity index (χ1v) is 5.54. The van der Waals surface area contributed by atoms with Crippen molar-refractivity contribution in [2.45, 2.75) is 18.5 Å². The quantitative estimate of drug-likeness (QED) is 0.491. The van der Waals surface area contributed by atoms with E-state index in [-0.39, 0.29) is 10.7 Å². The maximum Gasteiger partial charge on any atom is 0.340 e. The van der Waals surface area contributed by atoms with Crippen molar-refractivity contribution in [2.24, 2.45) is 0 Å². The summed E-state index contributed by atoms with van der Waals surface area (Å²) >= 11 is 7.08. The Morgan fingerprint density at radius 3 is 2.64 bits per heavy atom. The Morgan fingerprint density at radius 2 is 2.21 bits per heavy atom. The van der Waals surface area contributed by atoms with E-state index < -0.39 is 5.97 Å². The summed E-state index contributed by atoms with van der Waals surface area (Å²) in [6.07, 6.45) is 2.34.